The maximum atomic E-state index is 6.01. The van der Waals surface area contributed by atoms with Crippen molar-refractivity contribution < 1.29 is 0 Å². The molecule has 0 unspecified atom stereocenters. The lowest BCUT2D eigenvalue weighted by Gasteiger charge is -2.20. The zero-order valence-corrected chi connectivity index (χ0v) is 11.1. The Morgan fingerprint density at radius 2 is 1.53 bits per heavy atom. The first-order chi connectivity index (χ1) is 8.06. The molecule has 0 aromatic heterocycles. The van der Waals surface area contributed by atoms with Gasteiger partial charge in [0, 0.05) is 23.4 Å². The normalized spacial score (nSPS) is 10.4. The van der Waals surface area contributed by atoms with Crippen LogP contribution in [0.5, 0.6) is 0 Å². The zero-order valence-electron chi connectivity index (χ0n) is 10.4. The van der Waals surface area contributed by atoms with Gasteiger partial charge >= 0.3 is 0 Å². The van der Waals surface area contributed by atoms with Crippen LogP contribution in [0.1, 0.15) is 11.1 Å². The fourth-order valence-electron chi connectivity index (χ4n) is 1.98. The highest BCUT2D eigenvalue weighted by molar-refractivity contribution is 6.30. The van der Waals surface area contributed by atoms with E-state index in [1.807, 2.05) is 18.2 Å². The molecule has 0 heterocycles. The van der Waals surface area contributed by atoms with Crippen LogP contribution in [-0.4, -0.2) is 7.05 Å². The van der Waals surface area contributed by atoms with E-state index >= 15 is 0 Å². The molecule has 0 aliphatic heterocycles. The highest BCUT2D eigenvalue weighted by Gasteiger charge is 2.05. The summed E-state index contributed by atoms with van der Waals surface area (Å²) < 4.78 is 0. The smallest absolute Gasteiger partial charge is 0.0426 e. The molecule has 1 nitrogen and oxygen atoms in total. The highest BCUT2D eigenvalue weighted by atomic mass is 35.5. The van der Waals surface area contributed by atoms with Crippen LogP contribution in [0.2, 0.25) is 5.02 Å². The summed E-state index contributed by atoms with van der Waals surface area (Å²) in [5, 5.41) is 0.763. The Morgan fingerprint density at radius 1 is 0.882 bits per heavy atom. The minimum Gasteiger partial charge on any atom is -0.345 e. The molecule has 0 spiro atoms. The van der Waals surface area contributed by atoms with Crippen LogP contribution in [0, 0.1) is 13.8 Å². The molecule has 0 fully saturated rings. The molecular formula is C15H16ClN. The largest absolute Gasteiger partial charge is 0.345 e. The molecule has 0 bridgehead atoms. The summed E-state index contributed by atoms with van der Waals surface area (Å²) in [6, 6.07) is 14.4. The average molecular weight is 246 g/mol. The maximum Gasteiger partial charge on any atom is 0.0426 e. The third-order valence-electron chi connectivity index (χ3n) is 2.79. The third-order valence-corrected chi connectivity index (χ3v) is 3.02. The number of anilines is 2. The SMILES string of the molecule is Cc1cc(C)cc(N(C)c2cccc(Cl)c2)c1. The van der Waals surface area contributed by atoms with Crippen LogP contribution in [-0.2, 0) is 0 Å². The quantitative estimate of drug-likeness (QED) is 0.740. The van der Waals surface area contributed by atoms with Gasteiger partial charge in [-0.3, -0.25) is 0 Å². The molecule has 88 valence electrons. The first kappa shape index (κ1) is 12.0. The van der Waals surface area contributed by atoms with Crippen LogP contribution in [0.3, 0.4) is 0 Å². The molecule has 2 rings (SSSR count). The topological polar surface area (TPSA) is 3.24 Å². The van der Waals surface area contributed by atoms with Crippen LogP contribution >= 0.6 is 11.6 Å². The van der Waals surface area contributed by atoms with E-state index in [0.717, 1.165) is 10.7 Å². The van der Waals surface area contributed by atoms with Gasteiger partial charge in [-0.25, -0.2) is 0 Å². The van der Waals surface area contributed by atoms with Gasteiger partial charge < -0.3 is 4.90 Å². The summed E-state index contributed by atoms with van der Waals surface area (Å²) in [5.74, 6) is 0. The average Bonchev–Trinajstić information content (AvgIpc) is 2.26. The van der Waals surface area contributed by atoms with Gasteiger partial charge in [0.1, 0.15) is 0 Å². The number of rotatable bonds is 2. The third kappa shape index (κ3) is 2.80. The number of aryl methyl sites for hydroxylation is 2. The van der Waals surface area contributed by atoms with E-state index in [9.17, 15) is 0 Å². The number of benzene rings is 2. The van der Waals surface area contributed by atoms with Crippen molar-refractivity contribution in [3.05, 3.63) is 58.6 Å². The monoisotopic (exact) mass is 245 g/mol. The van der Waals surface area contributed by atoms with Crippen LogP contribution < -0.4 is 4.90 Å². The Balaban J connectivity index is 2.39. The van der Waals surface area contributed by atoms with Gasteiger partial charge in [0.2, 0.25) is 0 Å². The Kier molecular flexibility index (Phi) is 3.39. The molecule has 0 aliphatic carbocycles. The van der Waals surface area contributed by atoms with Crippen molar-refractivity contribution in [2.45, 2.75) is 13.8 Å². The summed E-state index contributed by atoms with van der Waals surface area (Å²) >= 11 is 6.01. The summed E-state index contributed by atoms with van der Waals surface area (Å²) in [5.41, 5.74) is 4.83. The van der Waals surface area contributed by atoms with Crippen molar-refractivity contribution in [1.29, 1.82) is 0 Å². The second-order valence-corrected chi connectivity index (χ2v) is 4.82. The van der Waals surface area contributed by atoms with Crippen LogP contribution in [0.15, 0.2) is 42.5 Å². The molecule has 0 atom stereocenters. The second kappa shape index (κ2) is 4.80. The van der Waals surface area contributed by atoms with E-state index in [0.29, 0.717) is 0 Å². The molecule has 0 radical (unpaired) electrons. The minimum absolute atomic E-state index is 0.763. The van der Waals surface area contributed by atoms with Gasteiger partial charge in [-0.1, -0.05) is 23.7 Å². The first-order valence-corrected chi connectivity index (χ1v) is 6.01. The zero-order chi connectivity index (χ0) is 12.4. The fourth-order valence-corrected chi connectivity index (χ4v) is 2.16. The van der Waals surface area contributed by atoms with Crippen molar-refractivity contribution in [1.82, 2.24) is 0 Å². The van der Waals surface area contributed by atoms with Gasteiger partial charge in [-0.05, 0) is 55.3 Å². The van der Waals surface area contributed by atoms with Gasteiger partial charge in [0.25, 0.3) is 0 Å². The van der Waals surface area contributed by atoms with E-state index in [1.54, 1.807) is 0 Å². The number of hydrogen-bond donors (Lipinski definition) is 0. The van der Waals surface area contributed by atoms with E-state index < -0.39 is 0 Å². The lowest BCUT2D eigenvalue weighted by molar-refractivity contribution is 1.19. The fraction of sp³-hybridized carbons (Fsp3) is 0.200. The summed E-state index contributed by atoms with van der Waals surface area (Å²) in [6.07, 6.45) is 0. The Bertz CT molecular complexity index is 514. The molecule has 0 saturated carbocycles. The van der Waals surface area contributed by atoms with E-state index in [1.165, 1.54) is 16.8 Å². The predicted molar refractivity (Wildman–Crippen MR) is 75.4 cm³/mol. The molecule has 2 aromatic carbocycles. The van der Waals surface area contributed by atoms with Gasteiger partial charge in [0.15, 0.2) is 0 Å². The van der Waals surface area contributed by atoms with Crippen LogP contribution in [0.4, 0.5) is 11.4 Å². The van der Waals surface area contributed by atoms with E-state index in [4.69, 9.17) is 11.6 Å². The number of halogens is 1. The molecule has 17 heavy (non-hydrogen) atoms. The van der Waals surface area contributed by atoms with E-state index in [2.05, 4.69) is 50.1 Å². The lowest BCUT2D eigenvalue weighted by Crippen LogP contribution is -2.09. The summed E-state index contributed by atoms with van der Waals surface area (Å²) in [7, 11) is 2.06. The molecule has 2 heteroatoms. The summed E-state index contributed by atoms with van der Waals surface area (Å²) in [4.78, 5) is 2.14. The van der Waals surface area contributed by atoms with Crippen molar-refractivity contribution in [3.8, 4) is 0 Å². The predicted octanol–water partition coefficient (Wildman–Crippen LogP) is 4.72. The minimum atomic E-state index is 0.763. The molecule has 0 saturated heterocycles. The van der Waals surface area contributed by atoms with Gasteiger partial charge in [-0.2, -0.15) is 0 Å². The van der Waals surface area contributed by atoms with E-state index in [-0.39, 0.29) is 0 Å². The van der Waals surface area contributed by atoms with Crippen molar-refractivity contribution >= 4 is 23.0 Å². The molecule has 0 amide bonds. The molecule has 0 N–H and O–H groups in total. The van der Waals surface area contributed by atoms with Crippen molar-refractivity contribution in [2.24, 2.45) is 0 Å². The molecular weight excluding hydrogens is 230 g/mol. The summed E-state index contributed by atoms with van der Waals surface area (Å²) in [6.45, 7) is 4.23. The molecule has 2 aromatic rings. The first-order valence-electron chi connectivity index (χ1n) is 5.64. The number of nitrogens with zero attached hydrogens (tertiary/aromatic N) is 1. The van der Waals surface area contributed by atoms with Crippen molar-refractivity contribution in [3.63, 3.8) is 0 Å². The maximum absolute atomic E-state index is 6.01. The molecule has 0 aliphatic rings. The Morgan fingerprint density at radius 3 is 2.12 bits per heavy atom. The highest BCUT2D eigenvalue weighted by Crippen LogP contribution is 2.27. The Labute approximate surface area is 108 Å². The van der Waals surface area contributed by atoms with Crippen molar-refractivity contribution in [2.75, 3.05) is 11.9 Å². The Hall–Kier alpha value is -1.47. The second-order valence-electron chi connectivity index (χ2n) is 4.38. The van der Waals surface area contributed by atoms with Gasteiger partial charge in [-0.15, -0.1) is 0 Å². The number of hydrogen-bond acceptors (Lipinski definition) is 1. The van der Waals surface area contributed by atoms with Gasteiger partial charge in [0.05, 0.1) is 0 Å². The van der Waals surface area contributed by atoms with Crippen LogP contribution in [0.25, 0.3) is 0 Å². The lowest BCUT2D eigenvalue weighted by atomic mass is 10.1. The standard InChI is InChI=1S/C15H16ClN/c1-11-7-12(2)9-15(8-11)17(3)14-6-4-5-13(16)10-14/h4-10H,1-3H3.